The van der Waals surface area contributed by atoms with Crippen LogP contribution in [0.3, 0.4) is 0 Å². The summed E-state index contributed by atoms with van der Waals surface area (Å²) in [6.45, 7) is 5.79. The fourth-order valence-corrected chi connectivity index (χ4v) is 7.95. The Kier molecular flexibility index (Phi) is 7.24. The summed E-state index contributed by atoms with van der Waals surface area (Å²) in [5.41, 5.74) is 1.43. The zero-order chi connectivity index (χ0) is 29.2. The average molecular weight is 559 g/mol. The molecule has 0 spiro atoms. The third-order valence-electron chi connectivity index (χ3n) is 9.26. The molecular formula is C29H38N2O7S. The van der Waals surface area contributed by atoms with Gasteiger partial charge >= 0.3 is 0 Å². The fraction of sp³-hybridized carbons (Fsp3) is 0.552. The van der Waals surface area contributed by atoms with Gasteiger partial charge < -0.3 is 26.2 Å². The zero-order valence-electron chi connectivity index (χ0n) is 23.0. The Hall–Kier alpha value is -2.82. The van der Waals surface area contributed by atoms with Gasteiger partial charge in [0.2, 0.25) is 5.78 Å². The summed E-state index contributed by atoms with van der Waals surface area (Å²) >= 11 is 4.94. The van der Waals surface area contributed by atoms with E-state index in [1.54, 1.807) is 20.2 Å². The number of aryl methyl sites for hydroxylation is 1. The fourth-order valence-electron chi connectivity index (χ4n) is 7.26. The Morgan fingerprint density at radius 1 is 1.18 bits per heavy atom. The maximum atomic E-state index is 14.0. The molecule has 0 fully saturated rings. The van der Waals surface area contributed by atoms with Crippen LogP contribution < -0.4 is 5.73 Å². The first-order valence-electron chi connectivity index (χ1n) is 13.3. The third kappa shape index (κ3) is 3.94. The van der Waals surface area contributed by atoms with E-state index in [1.165, 1.54) is 17.9 Å². The number of ketones is 2. The molecule has 4 atom stereocenters. The maximum Gasteiger partial charge on any atom is 0.255 e. The second kappa shape index (κ2) is 9.67. The number of nitrogens with two attached hydrogens (primary N) is 1. The minimum absolute atomic E-state index is 0.0106. The first-order valence-corrected chi connectivity index (χ1v) is 13.8. The molecule has 9 nitrogen and oxygen atoms in total. The summed E-state index contributed by atoms with van der Waals surface area (Å²) in [7, 11) is 3.19. The summed E-state index contributed by atoms with van der Waals surface area (Å²) in [6.07, 6.45) is 3.65. The molecule has 212 valence electrons. The van der Waals surface area contributed by atoms with Crippen molar-refractivity contribution in [3.63, 3.8) is 0 Å². The molecule has 0 bridgehead atoms. The van der Waals surface area contributed by atoms with Crippen LogP contribution in [-0.4, -0.2) is 73.3 Å². The van der Waals surface area contributed by atoms with E-state index in [0.717, 1.165) is 24.8 Å². The van der Waals surface area contributed by atoms with Crippen LogP contribution in [0.1, 0.15) is 67.9 Å². The number of hydrogen-bond donors (Lipinski definition) is 6. The van der Waals surface area contributed by atoms with Crippen molar-refractivity contribution >= 4 is 30.1 Å². The van der Waals surface area contributed by atoms with Crippen LogP contribution in [0.15, 0.2) is 34.8 Å². The molecule has 3 aliphatic rings. The van der Waals surface area contributed by atoms with E-state index in [2.05, 4.69) is 13.8 Å². The van der Waals surface area contributed by atoms with E-state index in [-0.39, 0.29) is 29.7 Å². The molecule has 4 rings (SSSR count). The van der Waals surface area contributed by atoms with Crippen LogP contribution in [-0.2, 0) is 22.4 Å². The summed E-state index contributed by atoms with van der Waals surface area (Å²) in [6, 6.07) is 2.13. The minimum atomic E-state index is -2.75. The number of rotatable bonds is 7. The standard InChI is InChI=1S/C29H38N2O7S/c1-6-14(7-2)8-9-15-10-11-17(32)18-16(15)12-28(39)13-27(3)23(31(4)5)22(34)19(26(30)37)24(35)29(27,38)25(36)20(28)21(18)33/h10-11,14,23,32,34,36,38-39H,6-9,12-13H2,1-5H3,(H2,30,37)/t23?,27-,28+,29+/m0/s1. The molecular weight excluding hydrogens is 520 g/mol. The molecule has 1 aromatic rings. The Morgan fingerprint density at radius 3 is 2.33 bits per heavy atom. The van der Waals surface area contributed by atoms with Gasteiger partial charge in [-0.25, -0.2) is 0 Å². The van der Waals surface area contributed by atoms with Crippen LogP contribution in [0.5, 0.6) is 5.75 Å². The van der Waals surface area contributed by atoms with Crippen LogP contribution in [0.25, 0.3) is 0 Å². The van der Waals surface area contributed by atoms with Crippen LogP contribution in [0.2, 0.25) is 0 Å². The normalized spacial score (nSPS) is 30.5. The number of aromatic hydroxyl groups is 1. The van der Waals surface area contributed by atoms with Gasteiger partial charge in [-0.05, 0) is 62.9 Å². The molecule has 0 saturated carbocycles. The van der Waals surface area contributed by atoms with E-state index in [1.807, 2.05) is 0 Å². The van der Waals surface area contributed by atoms with E-state index in [0.29, 0.717) is 17.9 Å². The highest BCUT2D eigenvalue weighted by Crippen LogP contribution is 2.61. The molecule has 0 radical (unpaired) electrons. The lowest BCUT2D eigenvalue weighted by Gasteiger charge is -2.59. The molecule has 0 saturated heterocycles. The van der Waals surface area contributed by atoms with Crippen LogP contribution >= 0.6 is 12.6 Å². The van der Waals surface area contributed by atoms with Crippen LogP contribution in [0.4, 0.5) is 0 Å². The summed E-state index contributed by atoms with van der Waals surface area (Å²) < 4.78 is -1.36. The number of primary amides is 1. The molecule has 0 heterocycles. The predicted molar refractivity (Wildman–Crippen MR) is 149 cm³/mol. The largest absolute Gasteiger partial charge is 0.510 e. The predicted octanol–water partition coefficient (Wildman–Crippen LogP) is 2.93. The lowest BCUT2D eigenvalue weighted by Crippen LogP contribution is -2.71. The quantitative estimate of drug-likeness (QED) is 0.220. The number of phenols is 1. The monoisotopic (exact) mass is 558 g/mol. The van der Waals surface area contributed by atoms with E-state index < -0.39 is 56.4 Å². The number of hydrogen-bond acceptors (Lipinski definition) is 9. The highest BCUT2D eigenvalue weighted by Gasteiger charge is 2.71. The Bertz CT molecular complexity index is 1330. The highest BCUT2D eigenvalue weighted by molar-refractivity contribution is 7.82. The third-order valence-corrected chi connectivity index (χ3v) is 9.80. The van der Waals surface area contributed by atoms with Crippen molar-refractivity contribution in [3.05, 3.63) is 51.5 Å². The maximum absolute atomic E-state index is 14.0. The van der Waals surface area contributed by atoms with Gasteiger partial charge in [-0.15, -0.1) is 0 Å². The number of benzene rings is 1. The number of carbonyl (C=O) groups is 3. The van der Waals surface area contributed by atoms with Crippen molar-refractivity contribution < 1.29 is 34.8 Å². The van der Waals surface area contributed by atoms with Gasteiger partial charge in [0.15, 0.2) is 11.4 Å². The van der Waals surface area contributed by atoms with Crippen LogP contribution in [0, 0.1) is 11.3 Å². The van der Waals surface area contributed by atoms with Gasteiger partial charge in [0.25, 0.3) is 5.91 Å². The molecule has 10 heteroatoms. The first-order chi connectivity index (χ1) is 18.1. The topological polar surface area (TPSA) is 161 Å². The molecule has 1 aromatic carbocycles. The SMILES string of the molecule is CCC(CC)CCc1ccc(O)c2c1C[C@@]1(S)C[C@@]3(C)C(N(C)C)C(O)=C(C(N)=O)C(=O)[C@@]3(O)C(O)=C1C2=O. The van der Waals surface area contributed by atoms with Gasteiger partial charge in [-0.1, -0.05) is 39.7 Å². The van der Waals surface area contributed by atoms with Crippen molar-refractivity contribution in [1.82, 2.24) is 4.90 Å². The van der Waals surface area contributed by atoms with Crippen molar-refractivity contribution in [2.75, 3.05) is 14.1 Å². The zero-order valence-corrected chi connectivity index (χ0v) is 23.9. The summed E-state index contributed by atoms with van der Waals surface area (Å²) in [4.78, 5) is 41.4. The molecule has 1 amide bonds. The Labute approximate surface area is 233 Å². The lowest BCUT2D eigenvalue weighted by molar-refractivity contribution is -0.164. The molecule has 6 N–H and O–H groups in total. The van der Waals surface area contributed by atoms with Gasteiger partial charge in [0.1, 0.15) is 22.8 Å². The number of Topliss-reactive ketones (excluding diaryl/α,β-unsaturated/α-hetero) is 2. The molecule has 39 heavy (non-hydrogen) atoms. The minimum Gasteiger partial charge on any atom is -0.510 e. The Balaban J connectivity index is 1.96. The lowest BCUT2D eigenvalue weighted by atomic mass is 9.50. The number of nitrogens with zero attached hydrogens (tertiary/aromatic N) is 1. The van der Waals surface area contributed by atoms with Gasteiger partial charge in [-0.3, -0.25) is 19.3 Å². The molecule has 1 unspecified atom stereocenters. The Morgan fingerprint density at radius 2 is 1.79 bits per heavy atom. The number of likely N-dealkylation sites (N-methyl/N-ethyl adjacent to an activating group) is 1. The highest BCUT2D eigenvalue weighted by atomic mass is 32.1. The number of fused-ring (bicyclic) bond motifs is 3. The number of aliphatic hydroxyl groups excluding tert-OH is 2. The van der Waals surface area contributed by atoms with E-state index >= 15 is 0 Å². The summed E-state index contributed by atoms with van der Waals surface area (Å²) in [5.74, 6) is -4.60. The number of aliphatic hydroxyl groups is 3. The smallest absolute Gasteiger partial charge is 0.255 e. The number of phenolic OH excluding ortho intramolecular Hbond substituents is 1. The summed E-state index contributed by atoms with van der Waals surface area (Å²) in [5, 5.41) is 45.4. The molecule has 0 aliphatic heterocycles. The second-order valence-corrected chi connectivity index (χ2v) is 12.6. The number of thiol groups is 1. The van der Waals surface area contributed by atoms with Gasteiger partial charge in [0.05, 0.1) is 17.2 Å². The molecule has 0 aromatic heterocycles. The second-order valence-electron chi connectivity index (χ2n) is 11.7. The molecule has 3 aliphatic carbocycles. The van der Waals surface area contributed by atoms with Crippen molar-refractivity contribution in [2.45, 2.75) is 75.7 Å². The average Bonchev–Trinajstić information content (AvgIpc) is 2.82. The van der Waals surface area contributed by atoms with Gasteiger partial charge in [0, 0.05) is 10.2 Å². The van der Waals surface area contributed by atoms with Crippen molar-refractivity contribution in [1.29, 1.82) is 0 Å². The van der Waals surface area contributed by atoms with Crippen molar-refractivity contribution in [3.8, 4) is 5.75 Å². The van der Waals surface area contributed by atoms with Crippen molar-refractivity contribution in [2.24, 2.45) is 17.1 Å². The van der Waals surface area contributed by atoms with E-state index in [4.69, 9.17) is 18.4 Å². The first kappa shape index (κ1) is 29.2. The van der Waals surface area contributed by atoms with Gasteiger partial charge in [-0.2, -0.15) is 12.6 Å². The number of carbonyl (C=O) groups excluding carboxylic acids is 3. The number of amides is 1. The van der Waals surface area contributed by atoms with E-state index in [9.17, 15) is 34.8 Å².